The highest BCUT2D eigenvalue weighted by Gasteiger charge is 2.40. The van der Waals surface area contributed by atoms with Crippen LogP contribution in [0.25, 0.3) is 0 Å². The summed E-state index contributed by atoms with van der Waals surface area (Å²) in [6.45, 7) is 5.04. The molecule has 2 aliphatic rings. The average Bonchev–Trinajstić information content (AvgIpc) is 2.95. The summed E-state index contributed by atoms with van der Waals surface area (Å²) in [5, 5.41) is 0. The molecule has 5 heteroatoms. The van der Waals surface area contributed by atoms with Gasteiger partial charge in [-0.2, -0.15) is 0 Å². The molecule has 1 amide bonds. The highest BCUT2D eigenvalue weighted by molar-refractivity contribution is 5.83. The number of hydrogen-bond acceptors (Lipinski definition) is 3. The molecule has 2 N–H and O–H groups in total. The Bertz CT molecular complexity index is 548. The third-order valence-corrected chi connectivity index (χ3v) is 5.33. The van der Waals surface area contributed by atoms with Crippen LogP contribution in [-0.2, 0) is 4.79 Å². The number of benzene rings is 1. The van der Waals surface area contributed by atoms with Gasteiger partial charge in [0.05, 0.1) is 6.04 Å². The van der Waals surface area contributed by atoms with Gasteiger partial charge in [-0.1, -0.05) is 26.0 Å². The second-order valence-electron chi connectivity index (χ2n) is 6.73. The summed E-state index contributed by atoms with van der Waals surface area (Å²) >= 11 is 0. The van der Waals surface area contributed by atoms with Crippen LogP contribution >= 0.6 is 0 Å². The number of nitrogens with zero attached hydrogens (tertiary/aromatic N) is 1. The molecule has 0 aliphatic carbocycles. The molecule has 0 saturated carbocycles. The van der Waals surface area contributed by atoms with E-state index in [1.165, 1.54) is 12.1 Å². The fourth-order valence-corrected chi connectivity index (χ4v) is 3.86. The van der Waals surface area contributed by atoms with Crippen molar-refractivity contribution in [3.63, 3.8) is 0 Å². The van der Waals surface area contributed by atoms with E-state index in [4.69, 9.17) is 0 Å². The van der Waals surface area contributed by atoms with Gasteiger partial charge in [0.1, 0.15) is 11.9 Å². The smallest absolute Gasteiger partial charge is 0.241 e. The zero-order valence-corrected chi connectivity index (χ0v) is 13.9. The van der Waals surface area contributed by atoms with Gasteiger partial charge in [-0.15, -0.1) is 0 Å². The molecule has 2 heterocycles. The van der Waals surface area contributed by atoms with Crippen LogP contribution in [0.2, 0.25) is 0 Å². The first-order chi connectivity index (χ1) is 11.1. The Morgan fingerprint density at radius 3 is 2.65 bits per heavy atom. The van der Waals surface area contributed by atoms with Gasteiger partial charge in [-0.05, 0) is 49.3 Å². The highest BCUT2D eigenvalue weighted by Crippen LogP contribution is 2.33. The fourth-order valence-electron chi connectivity index (χ4n) is 3.86. The first kappa shape index (κ1) is 16.4. The van der Waals surface area contributed by atoms with Gasteiger partial charge in [-0.25, -0.2) is 9.82 Å². The number of likely N-dealkylation sites (tertiary alicyclic amines) is 1. The molecule has 0 bridgehead atoms. The number of hydrazine groups is 1. The molecule has 4 unspecified atom stereocenters. The molecule has 4 atom stereocenters. The largest absolute Gasteiger partial charge is 0.334 e. The molecule has 3 rings (SSSR count). The molecular weight excluding hydrogens is 293 g/mol. The number of carbonyl (C=O) groups excluding carboxylic acids is 1. The SMILES string of the molecule is CCC1NNC(C(=O)N2CCCCC2c2ccc(F)cc2)C1C. The molecule has 2 aliphatic heterocycles. The van der Waals surface area contributed by atoms with E-state index in [1.54, 1.807) is 0 Å². The molecule has 0 spiro atoms. The van der Waals surface area contributed by atoms with Gasteiger partial charge in [-0.3, -0.25) is 10.2 Å². The molecule has 0 aromatic heterocycles. The van der Waals surface area contributed by atoms with Crippen LogP contribution < -0.4 is 10.9 Å². The topological polar surface area (TPSA) is 44.4 Å². The van der Waals surface area contributed by atoms with Crippen molar-refractivity contribution >= 4 is 5.91 Å². The van der Waals surface area contributed by atoms with Crippen LogP contribution in [0.3, 0.4) is 0 Å². The first-order valence-electron chi connectivity index (χ1n) is 8.68. The van der Waals surface area contributed by atoms with Gasteiger partial charge in [0, 0.05) is 12.6 Å². The summed E-state index contributed by atoms with van der Waals surface area (Å²) < 4.78 is 13.2. The number of halogens is 1. The standard InChI is InChI=1S/C18H26FN3O/c1-3-15-12(2)17(21-20-15)18(23)22-11-5-4-6-16(22)13-7-9-14(19)10-8-13/h7-10,12,15-17,20-21H,3-6,11H2,1-2H3. The summed E-state index contributed by atoms with van der Waals surface area (Å²) in [5.41, 5.74) is 7.46. The number of carbonyl (C=O) groups is 1. The van der Waals surface area contributed by atoms with E-state index in [2.05, 4.69) is 24.7 Å². The van der Waals surface area contributed by atoms with Crippen LogP contribution in [0.5, 0.6) is 0 Å². The predicted molar refractivity (Wildman–Crippen MR) is 88.0 cm³/mol. The molecule has 1 aromatic rings. The lowest BCUT2D eigenvalue weighted by atomic mass is 9.90. The lowest BCUT2D eigenvalue weighted by Crippen LogP contribution is -2.50. The Labute approximate surface area is 137 Å². The summed E-state index contributed by atoms with van der Waals surface area (Å²) in [4.78, 5) is 15.1. The molecule has 2 fully saturated rings. The van der Waals surface area contributed by atoms with Gasteiger partial charge >= 0.3 is 0 Å². The summed E-state index contributed by atoms with van der Waals surface area (Å²) in [6, 6.07) is 6.80. The minimum atomic E-state index is -0.233. The van der Waals surface area contributed by atoms with Crippen molar-refractivity contribution in [1.82, 2.24) is 15.8 Å². The third-order valence-electron chi connectivity index (χ3n) is 5.33. The third kappa shape index (κ3) is 3.26. The summed E-state index contributed by atoms with van der Waals surface area (Å²) in [6.07, 6.45) is 4.09. The van der Waals surface area contributed by atoms with Crippen LogP contribution in [0.4, 0.5) is 4.39 Å². The van der Waals surface area contributed by atoms with Crippen molar-refractivity contribution in [1.29, 1.82) is 0 Å². The molecular formula is C18H26FN3O. The first-order valence-corrected chi connectivity index (χ1v) is 8.68. The second kappa shape index (κ2) is 6.97. The molecule has 23 heavy (non-hydrogen) atoms. The maximum Gasteiger partial charge on any atom is 0.241 e. The highest BCUT2D eigenvalue weighted by atomic mass is 19.1. The van der Waals surface area contributed by atoms with Crippen molar-refractivity contribution in [3.05, 3.63) is 35.6 Å². The van der Waals surface area contributed by atoms with E-state index in [9.17, 15) is 9.18 Å². The van der Waals surface area contributed by atoms with Crippen LogP contribution in [-0.4, -0.2) is 29.4 Å². The predicted octanol–water partition coefficient (Wildman–Crippen LogP) is 2.77. The minimum absolute atomic E-state index is 0.0616. The Morgan fingerprint density at radius 1 is 1.26 bits per heavy atom. The summed E-state index contributed by atoms with van der Waals surface area (Å²) in [7, 11) is 0. The van der Waals surface area contributed by atoms with E-state index in [0.29, 0.717) is 6.04 Å². The van der Waals surface area contributed by atoms with E-state index in [-0.39, 0.29) is 29.7 Å². The second-order valence-corrected chi connectivity index (χ2v) is 6.73. The van der Waals surface area contributed by atoms with Crippen molar-refractivity contribution in [2.75, 3.05) is 6.54 Å². The van der Waals surface area contributed by atoms with Crippen molar-refractivity contribution in [3.8, 4) is 0 Å². The van der Waals surface area contributed by atoms with Gasteiger partial charge in [0.15, 0.2) is 0 Å². The average molecular weight is 319 g/mol. The number of piperidine rings is 1. The fraction of sp³-hybridized carbons (Fsp3) is 0.611. The van der Waals surface area contributed by atoms with Gasteiger partial charge in [0.25, 0.3) is 0 Å². The molecule has 0 radical (unpaired) electrons. The normalized spacial score (nSPS) is 31.3. The molecule has 126 valence electrons. The van der Waals surface area contributed by atoms with Crippen LogP contribution in [0.15, 0.2) is 24.3 Å². The molecule has 1 aromatic carbocycles. The van der Waals surface area contributed by atoms with Crippen molar-refractivity contribution < 1.29 is 9.18 Å². The molecule has 2 saturated heterocycles. The summed E-state index contributed by atoms with van der Waals surface area (Å²) in [5.74, 6) is 0.196. The quantitative estimate of drug-likeness (QED) is 0.900. The van der Waals surface area contributed by atoms with E-state index >= 15 is 0 Å². The zero-order chi connectivity index (χ0) is 16.4. The zero-order valence-electron chi connectivity index (χ0n) is 13.9. The minimum Gasteiger partial charge on any atom is -0.334 e. The Morgan fingerprint density at radius 2 is 2.00 bits per heavy atom. The maximum absolute atomic E-state index is 13.2. The number of amides is 1. The molecule has 4 nitrogen and oxygen atoms in total. The van der Waals surface area contributed by atoms with E-state index in [1.807, 2.05) is 17.0 Å². The Hall–Kier alpha value is -1.46. The van der Waals surface area contributed by atoms with Gasteiger partial charge < -0.3 is 4.90 Å². The van der Waals surface area contributed by atoms with E-state index < -0.39 is 0 Å². The van der Waals surface area contributed by atoms with E-state index in [0.717, 1.165) is 37.8 Å². The monoisotopic (exact) mass is 319 g/mol. The Balaban J connectivity index is 1.78. The number of rotatable bonds is 3. The lowest BCUT2D eigenvalue weighted by Gasteiger charge is -2.38. The number of nitrogens with one attached hydrogen (secondary N) is 2. The van der Waals surface area contributed by atoms with Gasteiger partial charge in [0.2, 0.25) is 5.91 Å². The van der Waals surface area contributed by atoms with Crippen molar-refractivity contribution in [2.24, 2.45) is 5.92 Å². The van der Waals surface area contributed by atoms with Crippen LogP contribution in [0.1, 0.15) is 51.1 Å². The maximum atomic E-state index is 13.2. The van der Waals surface area contributed by atoms with Crippen LogP contribution in [0, 0.1) is 11.7 Å². The lowest BCUT2D eigenvalue weighted by molar-refractivity contribution is -0.138. The Kier molecular flexibility index (Phi) is 4.97. The number of hydrogen-bond donors (Lipinski definition) is 2. The van der Waals surface area contributed by atoms with Crippen molar-refractivity contribution in [2.45, 2.75) is 57.7 Å².